The van der Waals surface area contributed by atoms with Gasteiger partial charge in [0.25, 0.3) is 0 Å². The molecule has 0 aromatic heterocycles. The van der Waals surface area contributed by atoms with Crippen LogP contribution in [0.2, 0.25) is 10.0 Å². The molecule has 3 N–H and O–H groups in total. The zero-order valence-corrected chi connectivity index (χ0v) is 10.9. The number of hydrogen-bond donors (Lipinski definition) is 2. The van der Waals surface area contributed by atoms with Crippen molar-refractivity contribution >= 4 is 23.2 Å². The van der Waals surface area contributed by atoms with Gasteiger partial charge in [0, 0.05) is 0 Å². The summed E-state index contributed by atoms with van der Waals surface area (Å²) in [5.41, 5.74) is 5.43. The molecule has 0 aliphatic heterocycles. The Bertz CT molecular complexity index is 388. The summed E-state index contributed by atoms with van der Waals surface area (Å²) in [6, 6.07) is 2.77. The maximum Gasteiger partial charge on any atom is 0.139 e. The van der Waals surface area contributed by atoms with E-state index >= 15 is 0 Å². The molecule has 1 aromatic carbocycles. The van der Waals surface area contributed by atoms with E-state index in [0.717, 1.165) is 0 Å². The zero-order valence-electron chi connectivity index (χ0n) is 9.42. The minimum Gasteiger partial charge on any atom is -0.495 e. The van der Waals surface area contributed by atoms with Gasteiger partial charge >= 0.3 is 0 Å². The maximum atomic E-state index is 9.82. The summed E-state index contributed by atoms with van der Waals surface area (Å²) >= 11 is 12.1. The van der Waals surface area contributed by atoms with Crippen LogP contribution in [0.15, 0.2) is 12.1 Å². The van der Waals surface area contributed by atoms with Crippen LogP contribution in [-0.4, -0.2) is 17.8 Å². The van der Waals surface area contributed by atoms with Crippen molar-refractivity contribution < 1.29 is 9.84 Å². The lowest BCUT2D eigenvalue weighted by Crippen LogP contribution is -2.35. The number of aliphatic hydroxyl groups is 1. The molecule has 0 heterocycles. The Morgan fingerprint density at radius 3 is 2.31 bits per heavy atom. The van der Waals surface area contributed by atoms with E-state index in [1.807, 2.05) is 0 Å². The van der Waals surface area contributed by atoms with Crippen LogP contribution in [0, 0.1) is 0 Å². The molecule has 1 atom stereocenters. The van der Waals surface area contributed by atoms with E-state index in [-0.39, 0.29) is 0 Å². The molecule has 90 valence electrons. The minimum absolute atomic E-state index is 0.307. The Kier molecular flexibility index (Phi) is 4.07. The first-order chi connectivity index (χ1) is 7.29. The highest BCUT2D eigenvalue weighted by molar-refractivity contribution is 6.43. The number of halogens is 2. The summed E-state index contributed by atoms with van der Waals surface area (Å²) in [6.07, 6.45) is 0. The lowest BCUT2D eigenvalue weighted by atomic mass is 9.93. The summed E-state index contributed by atoms with van der Waals surface area (Å²) in [5, 5.41) is 10.4. The first-order valence-electron chi connectivity index (χ1n) is 4.79. The fourth-order valence-electron chi connectivity index (χ4n) is 1.33. The van der Waals surface area contributed by atoms with E-state index < -0.39 is 11.6 Å². The third-order valence-electron chi connectivity index (χ3n) is 2.39. The molecule has 0 saturated heterocycles. The molecule has 0 saturated carbocycles. The van der Waals surface area contributed by atoms with Gasteiger partial charge < -0.3 is 15.6 Å². The first kappa shape index (κ1) is 13.6. The Hall–Kier alpha value is -0.480. The van der Waals surface area contributed by atoms with Gasteiger partial charge in [-0.25, -0.2) is 0 Å². The molecule has 0 radical (unpaired) electrons. The topological polar surface area (TPSA) is 55.5 Å². The molecule has 1 aromatic rings. The fourth-order valence-corrected chi connectivity index (χ4v) is 1.85. The third kappa shape index (κ3) is 2.61. The molecule has 0 bridgehead atoms. The summed E-state index contributed by atoms with van der Waals surface area (Å²) in [6.45, 7) is 3.23. The minimum atomic E-state index is -1.07. The molecule has 1 rings (SSSR count). The highest BCUT2D eigenvalue weighted by Gasteiger charge is 2.27. The number of hydrogen-bond acceptors (Lipinski definition) is 3. The van der Waals surface area contributed by atoms with E-state index in [2.05, 4.69) is 0 Å². The molecule has 0 aliphatic carbocycles. The van der Waals surface area contributed by atoms with Crippen molar-refractivity contribution in [1.29, 1.82) is 0 Å². The largest absolute Gasteiger partial charge is 0.495 e. The predicted molar refractivity (Wildman–Crippen MR) is 66.2 cm³/mol. The molecule has 0 spiro atoms. The van der Waals surface area contributed by atoms with E-state index in [1.54, 1.807) is 26.0 Å². The van der Waals surface area contributed by atoms with Crippen molar-refractivity contribution in [3.63, 3.8) is 0 Å². The van der Waals surface area contributed by atoms with Crippen LogP contribution >= 0.6 is 23.2 Å². The second-order valence-corrected chi connectivity index (χ2v) is 4.87. The quantitative estimate of drug-likeness (QED) is 0.882. The van der Waals surface area contributed by atoms with Crippen molar-refractivity contribution in [2.45, 2.75) is 25.5 Å². The molecule has 1 unspecified atom stereocenters. The number of nitrogens with two attached hydrogens (primary N) is 1. The Morgan fingerprint density at radius 2 is 1.88 bits per heavy atom. The predicted octanol–water partition coefficient (Wildman–Crippen LogP) is 2.77. The Labute approximate surface area is 105 Å². The van der Waals surface area contributed by atoms with Crippen LogP contribution in [0.1, 0.15) is 25.5 Å². The monoisotopic (exact) mass is 263 g/mol. The molecule has 0 amide bonds. The van der Waals surface area contributed by atoms with Crippen molar-refractivity contribution in [3.05, 3.63) is 27.7 Å². The zero-order chi connectivity index (χ0) is 12.5. The molecular formula is C11H15Cl2NO2. The van der Waals surface area contributed by atoms with Crippen molar-refractivity contribution in [1.82, 2.24) is 0 Å². The highest BCUT2D eigenvalue weighted by atomic mass is 35.5. The second-order valence-electron chi connectivity index (χ2n) is 4.12. The Morgan fingerprint density at radius 1 is 1.31 bits per heavy atom. The van der Waals surface area contributed by atoms with Crippen molar-refractivity contribution in [3.8, 4) is 5.75 Å². The molecule has 5 heteroatoms. The van der Waals surface area contributed by atoms with Gasteiger partial charge in [-0.1, -0.05) is 29.3 Å². The number of methoxy groups -OCH3 is 1. The Balaban J connectivity index is 3.22. The van der Waals surface area contributed by atoms with E-state index in [1.165, 1.54) is 7.11 Å². The van der Waals surface area contributed by atoms with Gasteiger partial charge in [0.15, 0.2) is 0 Å². The normalized spacial score (nSPS) is 13.7. The van der Waals surface area contributed by atoms with Crippen LogP contribution in [0.3, 0.4) is 0 Å². The maximum absolute atomic E-state index is 9.82. The molecule has 0 aliphatic rings. The van der Waals surface area contributed by atoms with E-state index in [0.29, 0.717) is 21.4 Å². The average molecular weight is 264 g/mol. The average Bonchev–Trinajstić information content (AvgIpc) is 2.20. The number of rotatable bonds is 3. The SMILES string of the molecule is COc1ccc(C(N)C(C)(C)O)c(Cl)c1Cl. The van der Waals surface area contributed by atoms with Crippen molar-refractivity contribution in [2.75, 3.05) is 7.11 Å². The molecule has 3 nitrogen and oxygen atoms in total. The van der Waals surface area contributed by atoms with Gasteiger partial charge in [0.05, 0.1) is 23.8 Å². The lowest BCUT2D eigenvalue weighted by Gasteiger charge is -2.27. The molecule has 0 fully saturated rings. The summed E-state index contributed by atoms with van der Waals surface area (Å²) < 4.78 is 5.03. The number of benzene rings is 1. The van der Waals surface area contributed by atoms with Gasteiger partial charge in [-0.15, -0.1) is 0 Å². The lowest BCUT2D eigenvalue weighted by molar-refractivity contribution is 0.0517. The smallest absolute Gasteiger partial charge is 0.139 e. The fraction of sp³-hybridized carbons (Fsp3) is 0.455. The third-order valence-corrected chi connectivity index (χ3v) is 3.27. The van der Waals surface area contributed by atoms with Gasteiger partial charge in [-0.2, -0.15) is 0 Å². The van der Waals surface area contributed by atoms with Crippen LogP contribution in [0.5, 0.6) is 5.75 Å². The van der Waals surface area contributed by atoms with Gasteiger partial charge in [-0.3, -0.25) is 0 Å². The van der Waals surface area contributed by atoms with Crippen LogP contribution in [-0.2, 0) is 0 Å². The first-order valence-corrected chi connectivity index (χ1v) is 5.54. The van der Waals surface area contributed by atoms with E-state index in [4.69, 9.17) is 33.7 Å². The van der Waals surface area contributed by atoms with Crippen molar-refractivity contribution in [2.24, 2.45) is 5.73 Å². The highest BCUT2D eigenvalue weighted by Crippen LogP contribution is 2.38. The van der Waals surface area contributed by atoms with Crippen LogP contribution in [0.4, 0.5) is 0 Å². The van der Waals surface area contributed by atoms with E-state index in [9.17, 15) is 5.11 Å². The molecular weight excluding hydrogens is 249 g/mol. The van der Waals surface area contributed by atoms with Crippen LogP contribution < -0.4 is 10.5 Å². The second kappa shape index (κ2) is 4.80. The van der Waals surface area contributed by atoms with Crippen LogP contribution in [0.25, 0.3) is 0 Å². The summed E-state index contributed by atoms with van der Waals surface area (Å²) in [4.78, 5) is 0. The standard InChI is InChI=1S/C11H15Cl2NO2/c1-11(2,15)10(14)6-4-5-7(16-3)9(13)8(6)12/h4-5,10,15H,14H2,1-3H3. The summed E-state index contributed by atoms with van der Waals surface area (Å²) in [5.74, 6) is 0.485. The summed E-state index contributed by atoms with van der Waals surface area (Å²) in [7, 11) is 1.51. The van der Waals surface area contributed by atoms with Gasteiger partial charge in [-0.05, 0) is 25.5 Å². The number of ether oxygens (including phenoxy) is 1. The molecule has 16 heavy (non-hydrogen) atoms. The van der Waals surface area contributed by atoms with Gasteiger partial charge in [0.1, 0.15) is 10.8 Å². The van der Waals surface area contributed by atoms with Gasteiger partial charge in [0.2, 0.25) is 0 Å².